The number of nitrogens with one attached hydrogen (secondary N) is 1. The number of carbonyl (C=O) groups excluding carboxylic acids is 1. The van der Waals surface area contributed by atoms with Gasteiger partial charge in [0.25, 0.3) is 0 Å². The Balaban J connectivity index is 1.81. The van der Waals surface area contributed by atoms with Crippen molar-refractivity contribution in [2.75, 3.05) is 5.32 Å². The second-order valence-corrected chi connectivity index (χ2v) is 5.90. The standard InChI is InChI=1S/C19H18F2N4O2/c1-13(25-12-22-11-23-25)18(26)24-16-7-8-17(27-19(20)21)15(10-16)9-14-5-3-2-4-6-14/h2-8,10-13,19H,9H2,1H3,(H,24,26). The number of hydrogen-bond acceptors (Lipinski definition) is 4. The molecule has 1 heterocycles. The fraction of sp³-hybridized carbons (Fsp3) is 0.211. The summed E-state index contributed by atoms with van der Waals surface area (Å²) < 4.78 is 31.5. The van der Waals surface area contributed by atoms with E-state index in [1.54, 1.807) is 13.0 Å². The molecule has 2 aromatic carbocycles. The van der Waals surface area contributed by atoms with Gasteiger partial charge >= 0.3 is 6.61 Å². The second kappa shape index (κ2) is 8.39. The van der Waals surface area contributed by atoms with Gasteiger partial charge in [0.2, 0.25) is 5.91 Å². The van der Waals surface area contributed by atoms with E-state index in [4.69, 9.17) is 0 Å². The van der Waals surface area contributed by atoms with Crippen LogP contribution in [0.1, 0.15) is 24.1 Å². The van der Waals surface area contributed by atoms with Crippen LogP contribution in [0.25, 0.3) is 0 Å². The third-order valence-corrected chi connectivity index (χ3v) is 3.99. The van der Waals surface area contributed by atoms with Crippen LogP contribution < -0.4 is 10.1 Å². The molecule has 8 heteroatoms. The second-order valence-electron chi connectivity index (χ2n) is 5.90. The predicted octanol–water partition coefficient (Wildman–Crippen LogP) is 3.67. The fourth-order valence-electron chi connectivity index (χ4n) is 2.61. The molecule has 0 aliphatic carbocycles. The van der Waals surface area contributed by atoms with Gasteiger partial charge in [0.05, 0.1) is 0 Å². The van der Waals surface area contributed by atoms with Gasteiger partial charge in [-0.2, -0.15) is 13.9 Å². The largest absolute Gasteiger partial charge is 0.435 e. The summed E-state index contributed by atoms with van der Waals surface area (Å²) in [6.07, 6.45) is 3.19. The zero-order chi connectivity index (χ0) is 19.2. The Hall–Kier alpha value is -3.29. The van der Waals surface area contributed by atoms with Crippen molar-refractivity contribution in [3.8, 4) is 5.75 Å². The molecule has 27 heavy (non-hydrogen) atoms. The van der Waals surface area contributed by atoms with Gasteiger partial charge in [0, 0.05) is 17.7 Å². The predicted molar refractivity (Wildman–Crippen MR) is 95.7 cm³/mol. The van der Waals surface area contributed by atoms with Crippen molar-refractivity contribution < 1.29 is 18.3 Å². The Kier molecular flexibility index (Phi) is 5.75. The molecule has 0 bridgehead atoms. The molecule has 0 fully saturated rings. The molecule has 140 valence electrons. The third-order valence-electron chi connectivity index (χ3n) is 3.99. The number of anilines is 1. The number of alkyl halides is 2. The molecular formula is C19H18F2N4O2. The normalized spacial score (nSPS) is 12.0. The molecule has 0 radical (unpaired) electrons. The summed E-state index contributed by atoms with van der Waals surface area (Å²) in [6, 6.07) is 13.4. The number of rotatable bonds is 7. The van der Waals surface area contributed by atoms with Crippen molar-refractivity contribution in [1.82, 2.24) is 14.8 Å². The van der Waals surface area contributed by atoms with Gasteiger partial charge in [-0.3, -0.25) is 4.79 Å². The highest BCUT2D eigenvalue weighted by Crippen LogP contribution is 2.27. The van der Waals surface area contributed by atoms with Gasteiger partial charge in [0.15, 0.2) is 0 Å². The third kappa shape index (κ3) is 4.87. The van der Waals surface area contributed by atoms with Crippen LogP contribution in [-0.2, 0) is 11.2 Å². The molecule has 3 aromatic rings. The van der Waals surface area contributed by atoms with Gasteiger partial charge in [-0.25, -0.2) is 9.67 Å². The van der Waals surface area contributed by atoms with Crippen LogP contribution in [0.3, 0.4) is 0 Å². The maximum Gasteiger partial charge on any atom is 0.387 e. The van der Waals surface area contributed by atoms with E-state index in [1.807, 2.05) is 30.3 Å². The number of amides is 1. The van der Waals surface area contributed by atoms with E-state index in [0.717, 1.165) is 5.56 Å². The van der Waals surface area contributed by atoms with Crippen LogP contribution in [-0.4, -0.2) is 27.3 Å². The van der Waals surface area contributed by atoms with Crippen molar-refractivity contribution >= 4 is 11.6 Å². The lowest BCUT2D eigenvalue weighted by Crippen LogP contribution is -2.24. The lowest BCUT2D eigenvalue weighted by molar-refractivity contribution is -0.119. The minimum absolute atomic E-state index is 0.0798. The number of halogens is 2. The van der Waals surface area contributed by atoms with Gasteiger partial charge < -0.3 is 10.1 Å². The number of ether oxygens (including phenoxy) is 1. The van der Waals surface area contributed by atoms with Gasteiger partial charge in [-0.1, -0.05) is 30.3 Å². The average Bonchev–Trinajstić information content (AvgIpc) is 3.18. The smallest absolute Gasteiger partial charge is 0.387 e. The Labute approximate surface area is 154 Å². The molecule has 3 rings (SSSR count). The average molecular weight is 372 g/mol. The Bertz CT molecular complexity index is 886. The monoisotopic (exact) mass is 372 g/mol. The number of hydrogen-bond donors (Lipinski definition) is 1. The molecule has 1 unspecified atom stereocenters. The zero-order valence-electron chi connectivity index (χ0n) is 14.5. The molecule has 1 amide bonds. The zero-order valence-corrected chi connectivity index (χ0v) is 14.5. The summed E-state index contributed by atoms with van der Waals surface area (Å²) in [4.78, 5) is 16.2. The minimum atomic E-state index is -2.92. The van der Waals surface area contributed by atoms with E-state index in [2.05, 4.69) is 20.1 Å². The highest BCUT2D eigenvalue weighted by molar-refractivity contribution is 5.93. The summed E-state index contributed by atoms with van der Waals surface area (Å²) in [7, 11) is 0. The highest BCUT2D eigenvalue weighted by atomic mass is 19.3. The maximum absolute atomic E-state index is 12.7. The first-order valence-corrected chi connectivity index (χ1v) is 8.29. The van der Waals surface area contributed by atoms with Crippen molar-refractivity contribution in [3.63, 3.8) is 0 Å². The molecule has 1 aromatic heterocycles. The molecule has 0 saturated heterocycles. The van der Waals surface area contributed by atoms with Crippen LogP contribution in [0, 0.1) is 0 Å². The van der Waals surface area contributed by atoms with E-state index < -0.39 is 12.7 Å². The van der Waals surface area contributed by atoms with E-state index in [1.165, 1.54) is 29.5 Å². The van der Waals surface area contributed by atoms with Gasteiger partial charge in [-0.15, -0.1) is 0 Å². The van der Waals surface area contributed by atoms with E-state index in [-0.39, 0.29) is 11.7 Å². The first-order valence-electron chi connectivity index (χ1n) is 8.29. The Morgan fingerprint density at radius 2 is 2.00 bits per heavy atom. The minimum Gasteiger partial charge on any atom is -0.435 e. The van der Waals surface area contributed by atoms with E-state index in [0.29, 0.717) is 17.7 Å². The quantitative estimate of drug-likeness (QED) is 0.687. The first kappa shape index (κ1) is 18.5. The van der Waals surface area contributed by atoms with Gasteiger partial charge in [0.1, 0.15) is 24.4 Å². The molecule has 0 saturated carbocycles. The van der Waals surface area contributed by atoms with Gasteiger partial charge in [-0.05, 0) is 30.7 Å². The summed E-state index contributed by atoms with van der Waals surface area (Å²) in [5.74, 6) is -0.218. The first-order chi connectivity index (χ1) is 13.0. The van der Waals surface area contributed by atoms with E-state index in [9.17, 15) is 13.6 Å². The van der Waals surface area contributed by atoms with Crippen LogP contribution >= 0.6 is 0 Å². The van der Waals surface area contributed by atoms with Crippen molar-refractivity contribution in [2.24, 2.45) is 0 Å². The summed E-state index contributed by atoms with van der Waals surface area (Å²) in [6.45, 7) is -1.24. The molecule has 0 aliphatic heterocycles. The van der Waals surface area contributed by atoms with Crippen LogP contribution in [0.2, 0.25) is 0 Å². The van der Waals surface area contributed by atoms with Crippen molar-refractivity contribution in [1.29, 1.82) is 0 Å². The molecule has 1 atom stereocenters. The number of aromatic nitrogens is 3. The van der Waals surface area contributed by atoms with Crippen LogP contribution in [0.15, 0.2) is 61.2 Å². The lowest BCUT2D eigenvalue weighted by atomic mass is 10.0. The molecule has 1 N–H and O–H groups in total. The summed E-state index contributed by atoms with van der Waals surface area (Å²) in [5.41, 5.74) is 1.98. The number of benzene rings is 2. The van der Waals surface area contributed by atoms with E-state index >= 15 is 0 Å². The lowest BCUT2D eigenvalue weighted by Gasteiger charge is -2.15. The fourth-order valence-corrected chi connectivity index (χ4v) is 2.61. The summed E-state index contributed by atoms with van der Waals surface area (Å²) >= 11 is 0. The molecule has 0 aliphatic rings. The molecule has 0 spiro atoms. The number of nitrogens with zero attached hydrogens (tertiary/aromatic N) is 3. The maximum atomic E-state index is 12.7. The van der Waals surface area contributed by atoms with Crippen LogP contribution in [0.4, 0.5) is 14.5 Å². The summed E-state index contributed by atoms with van der Waals surface area (Å²) in [5, 5.41) is 6.71. The Morgan fingerprint density at radius 3 is 2.67 bits per heavy atom. The molecular weight excluding hydrogens is 354 g/mol. The SMILES string of the molecule is CC(C(=O)Nc1ccc(OC(F)F)c(Cc2ccccc2)c1)n1cncn1. The Morgan fingerprint density at radius 1 is 1.22 bits per heavy atom. The molecule has 6 nitrogen and oxygen atoms in total. The van der Waals surface area contributed by atoms with Crippen molar-refractivity contribution in [3.05, 3.63) is 72.3 Å². The van der Waals surface area contributed by atoms with Crippen molar-refractivity contribution in [2.45, 2.75) is 26.0 Å². The van der Waals surface area contributed by atoms with Crippen LogP contribution in [0.5, 0.6) is 5.75 Å². The topological polar surface area (TPSA) is 69.0 Å². The highest BCUT2D eigenvalue weighted by Gasteiger charge is 2.17. The number of carbonyl (C=O) groups is 1.